The van der Waals surface area contributed by atoms with E-state index < -0.39 is 23.7 Å². The number of nitrogens with two attached hydrogens (primary N) is 2. The van der Waals surface area contributed by atoms with Crippen molar-refractivity contribution < 1.29 is 8.78 Å². The van der Waals surface area contributed by atoms with Gasteiger partial charge in [0.25, 0.3) is 0 Å². The van der Waals surface area contributed by atoms with Gasteiger partial charge >= 0.3 is 0 Å². The van der Waals surface area contributed by atoms with Gasteiger partial charge < -0.3 is 11.5 Å². The lowest BCUT2D eigenvalue weighted by Gasteiger charge is -2.23. The van der Waals surface area contributed by atoms with E-state index in [1.54, 1.807) is 24.3 Å². The summed E-state index contributed by atoms with van der Waals surface area (Å²) in [6, 6.07) is 7.28. The average molecular weight is 406 g/mol. The predicted octanol–water partition coefficient (Wildman–Crippen LogP) is 4.19. The molecule has 0 aliphatic heterocycles. The zero-order valence-corrected chi connectivity index (χ0v) is 13.5. The Labute approximate surface area is 132 Å². The molecule has 0 bridgehead atoms. The zero-order valence-electron chi connectivity index (χ0n) is 10.3. The molecule has 6 heteroatoms. The van der Waals surface area contributed by atoms with Gasteiger partial charge in [0, 0.05) is 20.1 Å². The smallest absolute Gasteiger partial charge is 0.129 e. The molecule has 0 saturated carbocycles. The van der Waals surface area contributed by atoms with Crippen molar-refractivity contribution in [1.82, 2.24) is 0 Å². The Morgan fingerprint density at radius 3 is 1.40 bits per heavy atom. The second kappa shape index (κ2) is 6.30. The summed E-state index contributed by atoms with van der Waals surface area (Å²) in [4.78, 5) is 0. The maximum absolute atomic E-state index is 13.9. The molecule has 0 saturated heterocycles. The van der Waals surface area contributed by atoms with Crippen LogP contribution in [0.1, 0.15) is 23.2 Å². The molecule has 0 amide bonds. The summed E-state index contributed by atoms with van der Waals surface area (Å²) in [5, 5.41) is 0. The summed E-state index contributed by atoms with van der Waals surface area (Å²) in [5.74, 6) is -0.954. The maximum Gasteiger partial charge on any atom is 0.129 e. The fourth-order valence-corrected chi connectivity index (χ4v) is 3.23. The van der Waals surface area contributed by atoms with Crippen molar-refractivity contribution in [2.24, 2.45) is 11.5 Å². The van der Waals surface area contributed by atoms with Crippen molar-refractivity contribution >= 4 is 31.9 Å². The Morgan fingerprint density at radius 1 is 0.750 bits per heavy atom. The van der Waals surface area contributed by atoms with Gasteiger partial charge in [-0.25, -0.2) is 8.78 Å². The molecule has 0 aliphatic carbocycles. The molecular weight excluding hydrogens is 394 g/mol. The summed E-state index contributed by atoms with van der Waals surface area (Å²) in [5.41, 5.74) is 12.5. The van der Waals surface area contributed by atoms with Crippen LogP contribution in [0, 0.1) is 11.6 Å². The molecular formula is C14H12Br2F2N2. The molecule has 0 radical (unpaired) electrons. The van der Waals surface area contributed by atoms with E-state index in [9.17, 15) is 8.78 Å². The third-order valence-corrected chi connectivity index (χ3v) is 4.44. The van der Waals surface area contributed by atoms with Crippen LogP contribution in [-0.2, 0) is 0 Å². The molecule has 0 aromatic heterocycles. The van der Waals surface area contributed by atoms with E-state index in [1.807, 2.05) is 0 Å². The van der Waals surface area contributed by atoms with Gasteiger partial charge in [0.1, 0.15) is 11.6 Å². The molecule has 0 fully saturated rings. The van der Waals surface area contributed by atoms with Gasteiger partial charge in [0.2, 0.25) is 0 Å². The van der Waals surface area contributed by atoms with E-state index >= 15 is 0 Å². The Hall–Kier alpha value is -0.820. The molecule has 0 heterocycles. The standard InChI is InChI=1S/C14H12Br2F2N2/c15-7-3-1-5-9(17)11(7)13(19)14(20)12-8(16)4-2-6-10(12)18/h1-6,13-14H,19-20H2. The number of halogens is 4. The molecule has 4 N–H and O–H groups in total. The fraction of sp³-hybridized carbons (Fsp3) is 0.143. The Balaban J connectivity index is 2.46. The zero-order chi connectivity index (χ0) is 14.9. The van der Waals surface area contributed by atoms with Crippen LogP contribution in [0.5, 0.6) is 0 Å². The van der Waals surface area contributed by atoms with Gasteiger partial charge in [0.15, 0.2) is 0 Å². The number of benzene rings is 2. The topological polar surface area (TPSA) is 52.0 Å². The second-order valence-electron chi connectivity index (χ2n) is 4.32. The van der Waals surface area contributed by atoms with Crippen molar-refractivity contribution in [1.29, 1.82) is 0 Å². The molecule has 0 spiro atoms. The first-order valence-electron chi connectivity index (χ1n) is 5.82. The monoisotopic (exact) mass is 404 g/mol. The highest BCUT2D eigenvalue weighted by Gasteiger charge is 2.26. The lowest BCUT2D eigenvalue weighted by atomic mass is 9.94. The Bertz CT molecular complexity index is 539. The molecule has 2 nitrogen and oxygen atoms in total. The summed E-state index contributed by atoms with van der Waals surface area (Å²) in [7, 11) is 0. The molecule has 0 aliphatic rings. The van der Waals surface area contributed by atoms with E-state index in [0.717, 1.165) is 0 Å². The van der Waals surface area contributed by atoms with Crippen molar-refractivity contribution in [3.8, 4) is 0 Å². The van der Waals surface area contributed by atoms with Crippen LogP contribution in [0.2, 0.25) is 0 Å². The predicted molar refractivity (Wildman–Crippen MR) is 82.1 cm³/mol. The van der Waals surface area contributed by atoms with Crippen LogP contribution in [0.4, 0.5) is 8.78 Å². The van der Waals surface area contributed by atoms with Crippen LogP contribution in [0.25, 0.3) is 0 Å². The summed E-state index contributed by atoms with van der Waals surface area (Å²) in [6.07, 6.45) is 0. The number of hydrogen-bond acceptors (Lipinski definition) is 2. The van der Waals surface area contributed by atoms with Gasteiger partial charge in [-0.1, -0.05) is 44.0 Å². The van der Waals surface area contributed by atoms with Crippen LogP contribution in [0.3, 0.4) is 0 Å². The minimum atomic E-state index is -0.876. The van der Waals surface area contributed by atoms with Gasteiger partial charge in [-0.3, -0.25) is 0 Å². The molecule has 2 atom stereocenters. The first-order chi connectivity index (χ1) is 9.43. The third-order valence-electron chi connectivity index (χ3n) is 3.05. The molecule has 2 aromatic rings. The SMILES string of the molecule is NC(c1c(F)cccc1Br)C(N)c1c(F)cccc1Br. The first kappa shape index (κ1) is 15.6. The molecule has 106 valence electrons. The van der Waals surface area contributed by atoms with Crippen molar-refractivity contribution in [3.63, 3.8) is 0 Å². The minimum absolute atomic E-state index is 0.232. The van der Waals surface area contributed by atoms with Gasteiger partial charge in [0.05, 0.1) is 12.1 Å². The largest absolute Gasteiger partial charge is 0.322 e. The fourth-order valence-electron chi connectivity index (χ4n) is 2.02. The second-order valence-corrected chi connectivity index (χ2v) is 6.03. The molecule has 2 unspecified atom stereocenters. The Morgan fingerprint density at radius 2 is 1.10 bits per heavy atom. The lowest BCUT2D eigenvalue weighted by Crippen LogP contribution is -2.28. The third kappa shape index (κ3) is 2.93. The normalized spacial score (nSPS) is 14.1. The van der Waals surface area contributed by atoms with Crippen molar-refractivity contribution in [3.05, 3.63) is 68.1 Å². The van der Waals surface area contributed by atoms with E-state index in [-0.39, 0.29) is 11.1 Å². The quantitative estimate of drug-likeness (QED) is 0.804. The maximum atomic E-state index is 13.9. The Kier molecular flexibility index (Phi) is 4.90. The van der Waals surface area contributed by atoms with Crippen molar-refractivity contribution in [2.75, 3.05) is 0 Å². The van der Waals surface area contributed by atoms with E-state index in [4.69, 9.17) is 11.5 Å². The molecule has 2 aromatic carbocycles. The molecule has 20 heavy (non-hydrogen) atoms. The van der Waals surface area contributed by atoms with Gasteiger partial charge in [-0.2, -0.15) is 0 Å². The van der Waals surface area contributed by atoms with Crippen LogP contribution < -0.4 is 11.5 Å². The molecule has 2 rings (SSSR count). The highest BCUT2D eigenvalue weighted by Crippen LogP contribution is 2.35. The van der Waals surface area contributed by atoms with E-state index in [0.29, 0.717) is 8.95 Å². The van der Waals surface area contributed by atoms with Crippen LogP contribution >= 0.6 is 31.9 Å². The lowest BCUT2D eigenvalue weighted by molar-refractivity contribution is 0.499. The van der Waals surface area contributed by atoms with Crippen molar-refractivity contribution in [2.45, 2.75) is 12.1 Å². The average Bonchev–Trinajstić information content (AvgIpc) is 2.37. The highest BCUT2D eigenvalue weighted by molar-refractivity contribution is 9.10. The minimum Gasteiger partial charge on any atom is -0.322 e. The van der Waals surface area contributed by atoms with Gasteiger partial charge in [-0.05, 0) is 24.3 Å². The number of rotatable bonds is 3. The van der Waals surface area contributed by atoms with E-state index in [1.165, 1.54) is 12.1 Å². The van der Waals surface area contributed by atoms with Crippen LogP contribution in [-0.4, -0.2) is 0 Å². The summed E-state index contributed by atoms with van der Waals surface area (Å²) in [6.45, 7) is 0. The first-order valence-corrected chi connectivity index (χ1v) is 7.41. The van der Waals surface area contributed by atoms with Crippen LogP contribution in [0.15, 0.2) is 45.3 Å². The number of hydrogen-bond donors (Lipinski definition) is 2. The van der Waals surface area contributed by atoms with E-state index in [2.05, 4.69) is 31.9 Å². The highest BCUT2D eigenvalue weighted by atomic mass is 79.9. The summed E-state index contributed by atoms with van der Waals surface area (Å²) >= 11 is 6.49. The van der Waals surface area contributed by atoms with Gasteiger partial charge in [-0.15, -0.1) is 0 Å². The summed E-state index contributed by atoms with van der Waals surface area (Å²) < 4.78 is 28.8.